The highest BCUT2D eigenvalue weighted by Crippen LogP contribution is 2.15. The Labute approximate surface area is 74.5 Å². The standard InChI is InChI=1S/C9H18ClN/c10-9-5-1-3-7-11-8-4-2-6-9/h9,11H,1-8H2. The monoisotopic (exact) mass is 175 g/mol. The Morgan fingerprint density at radius 3 is 2.00 bits per heavy atom. The number of nitrogens with one attached hydrogen (secondary N) is 1. The van der Waals surface area contributed by atoms with Crippen LogP contribution in [0.1, 0.15) is 38.5 Å². The molecule has 0 unspecified atom stereocenters. The van der Waals surface area contributed by atoms with E-state index in [9.17, 15) is 0 Å². The molecule has 0 aliphatic carbocycles. The minimum absolute atomic E-state index is 0.452. The van der Waals surface area contributed by atoms with Gasteiger partial charge in [-0.2, -0.15) is 0 Å². The molecule has 66 valence electrons. The van der Waals surface area contributed by atoms with Crippen LogP contribution in [0.25, 0.3) is 0 Å². The van der Waals surface area contributed by atoms with Crippen molar-refractivity contribution < 1.29 is 0 Å². The lowest BCUT2D eigenvalue weighted by Gasteiger charge is -2.12. The van der Waals surface area contributed by atoms with Crippen molar-refractivity contribution in [2.24, 2.45) is 0 Å². The summed E-state index contributed by atoms with van der Waals surface area (Å²) in [5.41, 5.74) is 0. The maximum absolute atomic E-state index is 6.10. The molecule has 0 atom stereocenters. The van der Waals surface area contributed by atoms with Crippen LogP contribution in [-0.4, -0.2) is 18.5 Å². The molecular formula is C9H18ClN. The van der Waals surface area contributed by atoms with E-state index in [2.05, 4.69) is 5.32 Å². The molecule has 1 fully saturated rings. The number of alkyl halides is 1. The Balaban J connectivity index is 2.12. The normalized spacial score (nSPS) is 24.8. The van der Waals surface area contributed by atoms with Crippen LogP contribution in [-0.2, 0) is 0 Å². The first-order chi connectivity index (χ1) is 5.39. The molecule has 2 heteroatoms. The first-order valence-corrected chi connectivity index (χ1v) is 5.18. The summed E-state index contributed by atoms with van der Waals surface area (Å²) >= 11 is 6.10. The van der Waals surface area contributed by atoms with Crippen LogP contribution < -0.4 is 5.32 Å². The van der Waals surface area contributed by atoms with Crippen LogP contribution in [0.3, 0.4) is 0 Å². The van der Waals surface area contributed by atoms with E-state index < -0.39 is 0 Å². The molecular weight excluding hydrogens is 158 g/mol. The Kier molecular flexibility index (Phi) is 4.96. The second-order valence-electron chi connectivity index (χ2n) is 3.34. The van der Waals surface area contributed by atoms with Gasteiger partial charge in [-0.15, -0.1) is 11.6 Å². The molecule has 0 saturated carbocycles. The van der Waals surface area contributed by atoms with Crippen molar-refractivity contribution in [2.75, 3.05) is 13.1 Å². The van der Waals surface area contributed by atoms with Crippen molar-refractivity contribution in [1.82, 2.24) is 5.32 Å². The smallest absolute Gasteiger partial charge is 0.0336 e. The van der Waals surface area contributed by atoms with E-state index in [1.807, 2.05) is 0 Å². The highest BCUT2D eigenvalue weighted by molar-refractivity contribution is 6.20. The molecule has 0 radical (unpaired) electrons. The topological polar surface area (TPSA) is 12.0 Å². The lowest BCUT2D eigenvalue weighted by Crippen LogP contribution is -2.18. The molecule has 11 heavy (non-hydrogen) atoms. The van der Waals surface area contributed by atoms with Crippen LogP contribution in [0.4, 0.5) is 0 Å². The van der Waals surface area contributed by atoms with Crippen molar-refractivity contribution in [3.8, 4) is 0 Å². The third kappa shape index (κ3) is 4.65. The number of halogens is 1. The minimum Gasteiger partial charge on any atom is -0.317 e. The Morgan fingerprint density at radius 2 is 1.45 bits per heavy atom. The van der Waals surface area contributed by atoms with Crippen molar-refractivity contribution in [3.05, 3.63) is 0 Å². The fraction of sp³-hybridized carbons (Fsp3) is 1.00. The zero-order valence-corrected chi connectivity index (χ0v) is 7.87. The quantitative estimate of drug-likeness (QED) is 0.558. The van der Waals surface area contributed by atoms with E-state index in [1.165, 1.54) is 51.6 Å². The summed E-state index contributed by atoms with van der Waals surface area (Å²) in [7, 11) is 0. The van der Waals surface area contributed by atoms with Crippen LogP contribution in [0.5, 0.6) is 0 Å². The van der Waals surface area contributed by atoms with Crippen molar-refractivity contribution in [1.29, 1.82) is 0 Å². The van der Waals surface area contributed by atoms with Gasteiger partial charge in [0.25, 0.3) is 0 Å². The first kappa shape index (κ1) is 9.34. The molecule has 0 amide bonds. The van der Waals surface area contributed by atoms with Gasteiger partial charge in [-0.05, 0) is 38.8 Å². The SMILES string of the molecule is ClC1CCCCNCCCC1. The van der Waals surface area contributed by atoms with Crippen molar-refractivity contribution >= 4 is 11.6 Å². The summed E-state index contributed by atoms with van der Waals surface area (Å²) in [6.45, 7) is 2.37. The van der Waals surface area contributed by atoms with Crippen LogP contribution in [0.2, 0.25) is 0 Å². The maximum Gasteiger partial charge on any atom is 0.0336 e. The summed E-state index contributed by atoms with van der Waals surface area (Å²) in [6, 6.07) is 0. The summed E-state index contributed by atoms with van der Waals surface area (Å²) in [6.07, 6.45) is 7.60. The molecule has 0 aromatic carbocycles. The van der Waals surface area contributed by atoms with Gasteiger partial charge >= 0.3 is 0 Å². The van der Waals surface area contributed by atoms with Crippen LogP contribution >= 0.6 is 11.6 Å². The third-order valence-electron chi connectivity index (χ3n) is 2.24. The summed E-state index contributed by atoms with van der Waals surface area (Å²) in [5.74, 6) is 0. The van der Waals surface area contributed by atoms with Gasteiger partial charge in [0, 0.05) is 5.38 Å². The van der Waals surface area contributed by atoms with Gasteiger partial charge in [-0.1, -0.05) is 12.8 Å². The second kappa shape index (κ2) is 5.84. The largest absolute Gasteiger partial charge is 0.317 e. The predicted octanol–water partition coefficient (Wildman–Crippen LogP) is 2.54. The van der Waals surface area contributed by atoms with E-state index in [0.29, 0.717) is 5.38 Å². The lowest BCUT2D eigenvalue weighted by atomic mass is 10.1. The maximum atomic E-state index is 6.10. The van der Waals surface area contributed by atoms with Crippen molar-refractivity contribution in [2.45, 2.75) is 43.9 Å². The molecule has 1 saturated heterocycles. The average molecular weight is 176 g/mol. The Morgan fingerprint density at radius 1 is 0.909 bits per heavy atom. The number of hydrogen-bond donors (Lipinski definition) is 1. The van der Waals surface area contributed by atoms with Gasteiger partial charge in [0.05, 0.1) is 0 Å². The summed E-state index contributed by atoms with van der Waals surface area (Å²) in [5, 5.41) is 3.88. The third-order valence-corrected chi connectivity index (χ3v) is 2.68. The van der Waals surface area contributed by atoms with E-state index >= 15 is 0 Å². The Hall–Kier alpha value is 0.250. The van der Waals surface area contributed by atoms with Gasteiger partial charge in [-0.3, -0.25) is 0 Å². The number of hydrogen-bond acceptors (Lipinski definition) is 1. The van der Waals surface area contributed by atoms with Gasteiger partial charge in [0.15, 0.2) is 0 Å². The van der Waals surface area contributed by atoms with Crippen LogP contribution in [0, 0.1) is 0 Å². The number of rotatable bonds is 0. The predicted molar refractivity (Wildman–Crippen MR) is 50.2 cm³/mol. The zero-order chi connectivity index (χ0) is 7.94. The molecule has 1 heterocycles. The second-order valence-corrected chi connectivity index (χ2v) is 3.96. The van der Waals surface area contributed by atoms with Crippen LogP contribution in [0.15, 0.2) is 0 Å². The zero-order valence-electron chi connectivity index (χ0n) is 7.11. The van der Waals surface area contributed by atoms with E-state index in [-0.39, 0.29) is 0 Å². The molecule has 0 bridgehead atoms. The van der Waals surface area contributed by atoms with E-state index in [0.717, 1.165) is 0 Å². The van der Waals surface area contributed by atoms with Gasteiger partial charge in [0.1, 0.15) is 0 Å². The molecule has 1 aliphatic rings. The molecule has 1 aliphatic heterocycles. The fourth-order valence-electron chi connectivity index (χ4n) is 1.50. The first-order valence-electron chi connectivity index (χ1n) is 4.74. The van der Waals surface area contributed by atoms with E-state index in [4.69, 9.17) is 11.6 Å². The van der Waals surface area contributed by atoms with Gasteiger partial charge in [0.2, 0.25) is 0 Å². The molecule has 1 N–H and O–H groups in total. The average Bonchev–Trinajstić information content (AvgIpc) is 2.03. The molecule has 0 aromatic rings. The molecule has 1 rings (SSSR count). The lowest BCUT2D eigenvalue weighted by molar-refractivity contribution is 0.518. The molecule has 0 aromatic heterocycles. The van der Waals surface area contributed by atoms with Crippen molar-refractivity contribution in [3.63, 3.8) is 0 Å². The minimum atomic E-state index is 0.452. The Bertz CT molecular complexity index is 85.6. The summed E-state index contributed by atoms with van der Waals surface area (Å²) in [4.78, 5) is 0. The summed E-state index contributed by atoms with van der Waals surface area (Å²) < 4.78 is 0. The molecule has 1 nitrogen and oxygen atoms in total. The van der Waals surface area contributed by atoms with E-state index in [1.54, 1.807) is 0 Å². The van der Waals surface area contributed by atoms with Gasteiger partial charge < -0.3 is 5.32 Å². The molecule has 0 spiro atoms. The fourth-order valence-corrected chi connectivity index (χ4v) is 1.81. The highest BCUT2D eigenvalue weighted by Gasteiger charge is 2.05. The highest BCUT2D eigenvalue weighted by atomic mass is 35.5. The van der Waals surface area contributed by atoms with Gasteiger partial charge in [-0.25, -0.2) is 0 Å².